The second kappa shape index (κ2) is 3.31. The lowest BCUT2D eigenvalue weighted by Gasteiger charge is -1.99. The maximum atomic E-state index is 6.15. The second-order valence-electron chi connectivity index (χ2n) is 2.82. The molecule has 0 spiro atoms. The molecule has 0 bridgehead atoms. The Labute approximate surface area is 89.4 Å². The molecule has 4 heteroatoms. The molecule has 0 aliphatic heterocycles. The lowest BCUT2D eigenvalue weighted by atomic mass is 10.1. The Morgan fingerprint density at radius 1 is 1.54 bits per heavy atom. The molecule has 0 radical (unpaired) electrons. The number of benzene rings is 1. The molecule has 0 saturated carbocycles. The molecule has 0 saturated heterocycles. The highest BCUT2D eigenvalue weighted by atomic mass is 79.9. The largest absolute Gasteiger partial charge is 0.332 e. The first kappa shape index (κ1) is 9.03. The number of aryl methyl sites for hydroxylation is 1. The van der Waals surface area contributed by atoms with E-state index in [9.17, 15) is 0 Å². The Kier molecular flexibility index (Phi) is 2.30. The van der Waals surface area contributed by atoms with Crippen LogP contribution in [0.15, 0.2) is 16.9 Å². The zero-order valence-corrected chi connectivity index (χ0v) is 9.41. The molecule has 0 atom stereocenters. The average Bonchev–Trinajstić information content (AvgIpc) is 2.47. The molecule has 13 heavy (non-hydrogen) atoms. The van der Waals surface area contributed by atoms with Crippen LogP contribution in [-0.4, -0.2) is 9.97 Å². The van der Waals surface area contributed by atoms with Crippen LogP contribution in [0.2, 0.25) is 5.02 Å². The van der Waals surface area contributed by atoms with E-state index in [0.717, 1.165) is 32.8 Å². The summed E-state index contributed by atoms with van der Waals surface area (Å²) in [6, 6.07) is 4.02. The number of halogens is 2. The van der Waals surface area contributed by atoms with Crippen molar-refractivity contribution < 1.29 is 0 Å². The lowest BCUT2D eigenvalue weighted by Crippen LogP contribution is -1.82. The smallest absolute Gasteiger partial charge is 0.175 e. The number of hydrogen-bond donors (Lipinski definition) is 1. The Morgan fingerprint density at radius 3 is 3.00 bits per heavy atom. The third kappa shape index (κ3) is 1.46. The van der Waals surface area contributed by atoms with Gasteiger partial charge in [0.1, 0.15) is 5.52 Å². The van der Waals surface area contributed by atoms with Gasteiger partial charge in [-0.3, -0.25) is 0 Å². The number of rotatable bonds is 1. The molecule has 2 rings (SSSR count). The van der Waals surface area contributed by atoms with E-state index in [1.54, 1.807) is 0 Å². The zero-order valence-electron chi connectivity index (χ0n) is 7.06. The first-order valence-electron chi connectivity index (χ1n) is 4.05. The highest BCUT2D eigenvalue weighted by molar-refractivity contribution is 9.10. The molecule has 1 aromatic carbocycles. The number of aromatic nitrogens is 2. The van der Waals surface area contributed by atoms with Gasteiger partial charge in [-0.25, -0.2) is 4.98 Å². The predicted molar refractivity (Wildman–Crippen MR) is 58.2 cm³/mol. The zero-order chi connectivity index (χ0) is 9.42. The topological polar surface area (TPSA) is 28.7 Å². The molecule has 2 aromatic rings. The number of aromatic amines is 1. The third-order valence-electron chi connectivity index (χ3n) is 2.02. The number of fused-ring (bicyclic) bond motifs is 1. The number of nitrogens with zero attached hydrogens (tertiary/aromatic N) is 1. The summed E-state index contributed by atoms with van der Waals surface area (Å²) in [5.41, 5.74) is 2.94. The van der Waals surface area contributed by atoms with Crippen molar-refractivity contribution >= 4 is 38.6 Å². The van der Waals surface area contributed by atoms with Gasteiger partial charge in [0.2, 0.25) is 0 Å². The van der Waals surface area contributed by atoms with Gasteiger partial charge in [-0.05, 0) is 34.0 Å². The van der Waals surface area contributed by atoms with Crippen LogP contribution in [0, 0.1) is 0 Å². The standard InChI is InChI=1S/C9H8BrClN2/c1-2-5-3-4-6-8(7(5)11)13-9(10)12-6/h3-4H,2H2,1H3,(H,12,13). The van der Waals surface area contributed by atoms with Crippen LogP contribution in [0.1, 0.15) is 12.5 Å². The van der Waals surface area contributed by atoms with Gasteiger partial charge in [0.15, 0.2) is 4.73 Å². The molecular formula is C9H8BrClN2. The molecule has 1 heterocycles. The van der Waals surface area contributed by atoms with Crippen molar-refractivity contribution in [2.75, 3.05) is 0 Å². The predicted octanol–water partition coefficient (Wildman–Crippen LogP) is 3.54. The van der Waals surface area contributed by atoms with Gasteiger partial charge in [-0.1, -0.05) is 24.6 Å². The van der Waals surface area contributed by atoms with Gasteiger partial charge < -0.3 is 4.98 Å². The Hall–Kier alpha value is -0.540. The number of H-pyrrole nitrogens is 1. The number of imidazole rings is 1. The molecule has 68 valence electrons. The van der Waals surface area contributed by atoms with E-state index in [4.69, 9.17) is 11.6 Å². The van der Waals surface area contributed by atoms with Crippen molar-refractivity contribution in [3.8, 4) is 0 Å². The summed E-state index contributed by atoms with van der Waals surface area (Å²) in [6.07, 6.45) is 0.930. The van der Waals surface area contributed by atoms with E-state index < -0.39 is 0 Å². The van der Waals surface area contributed by atoms with Crippen molar-refractivity contribution in [1.29, 1.82) is 0 Å². The van der Waals surface area contributed by atoms with E-state index in [1.807, 2.05) is 12.1 Å². The van der Waals surface area contributed by atoms with Crippen molar-refractivity contribution in [1.82, 2.24) is 9.97 Å². The van der Waals surface area contributed by atoms with E-state index in [0.29, 0.717) is 0 Å². The first-order chi connectivity index (χ1) is 6.22. The molecule has 2 nitrogen and oxygen atoms in total. The lowest BCUT2D eigenvalue weighted by molar-refractivity contribution is 1.14. The van der Waals surface area contributed by atoms with E-state index in [1.165, 1.54) is 0 Å². The molecule has 0 unspecified atom stereocenters. The summed E-state index contributed by atoms with van der Waals surface area (Å²) in [5, 5.41) is 0.752. The minimum Gasteiger partial charge on any atom is -0.332 e. The van der Waals surface area contributed by atoms with Gasteiger partial charge in [-0.2, -0.15) is 0 Å². The average molecular weight is 260 g/mol. The van der Waals surface area contributed by atoms with Gasteiger partial charge in [0.25, 0.3) is 0 Å². The fraction of sp³-hybridized carbons (Fsp3) is 0.222. The van der Waals surface area contributed by atoms with Crippen molar-refractivity contribution in [3.63, 3.8) is 0 Å². The third-order valence-corrected chi connectivity index (χ3v) is 2.82. The highest BCUT2D eigenvalue weighted by Crippen LogP contribution is 2.27. The van der Waals surface area contributed by atoms with E-state index in [2.05, 4.69) is 32.8 Å². The Morgan fingerprint density at radius 2 is 2.31 bits per heavy atom. The van der Waals surface area contributed by atoms with Crippen LogP contribution in [-0.2, 0) is 6.42 Å². The van der Waals surface area contributed by atoms with Crippen molar-refractivity contribution in [2.45, 2.75) is 13.3 Å². The van der Waals surface area contributed by atoms with Crippen LogP contribution in [0.25, 0.3) is 11.0 Å². The second-order valence-corrected chi connectivity index (χ2v) is 3.95. The molecule has 0 amide bonds. The number of hydrogen-bond acceptors (Lipinski definition) is 1. The first-order valence-corrected chi connectivity index (χ1v) is 5.22. The van der Waals surface area contributed by atoms with Crippen LogP contribution in [0.4, 0.5) is 0 Å². The van der Waals surface area contributed by atoms with Gasteiger partial charge >= 0.3 is 0 Å². The summed E-state index contributed by atoms with van der Waals surface area (Å²) in [5.74, 6) is 0. The summed E-state index contributed by atoms with van der Waals surface area (Å²) in [7, 11) is 0. The van der Waals surface area contributed by atoms with Gasteiger partial charge in [-0.15, -0.1) is 0 Å². The van der Waals surface area contributed by atoms with E-state index in [-0.39, 0.29) is 0 Å². The molecular weight excluding hydrogens is 251 g/mol. The maximum Gasteiger partial charge on any atom is 0.175 e. The van der Waals surface area contributed by atoms with Crippen molar-refractivity contribution in [3.05, 3.63) is 27.5 Å². The maximum absolute atomic E-state index is 6.15. The molecule has 0 aliphatic rings. The quantitative estimate of drug-likeness (QED) is 0.834. The Balaban J connectivity index is 2.78. The minimum absolute atomic E-state index is 0.720. The highest BCUT2D eigenvalue weighted by Gasteiger charge is 2.07. The SMILES string of the molecule is CCc1ccc2[nH]c(Br)nc2c1Cl. The normalized spacial score (nSPS) is 11.0. The minimum atomic E-state index is 0.720. The summed E-state index contributed by atoms with van der Waals surface area (Å²) in [6.45, 7) is 2.08. The monoisotopic (exact) mass is 258 g/mol. The van der Waals surface area contributed by atoms with Gasteiger partial charge in [0, 0.05) is 0 Å². The van der Waals surface area contributed by atoms with Crippen LogP contribution < -0.4 is 0 Å². The van der Waals surface area contributed by atoms with Crippen LogP contribution in [0.5, 0.6) is 0 Å². The molecule has 0 aliphatic carbocycles. The van der Waals surface area contributed by atoms with E-state index >= 15 is 0 Å². The Bertz CT molecular complexity index is 450. The van der Waals surface area contributed by atoms with Gasteiger partial charge in [0.05, 0.1) is 10.5 Å². The fourth-order valence-corrected chi connectivity index (χ4v) is 2.06. The number of nitrogens with one attached hydrogen (secondary N) is 1. The molecule has 1 aromatic heterocycles. The molecule has 1 N–H and O–H groups in total. The fourth-order valence-electron chi connectivity index (χ4n) is 1.33. The summed E-state index contributed by atoms with van der Waals surface area (Å²) >= 11 is 9.43. The summed E-state index contributed by atoms with van der Waals surface area (Å²) < 4.78 is 0.720. The van der Waals surface area contributed by atoms with Crippen molar-refractivity contribution in [2.24, 2.45) is 0 Å². The summed E-state index contributed by atoms with van der Waals surface area (Å²) in [4.78, 5) is 7.32. The van der Waals surface area contributed by atoms with Crippen LogP contribution >= 0.6 is 27.5 Å². The molecule has 0 fully saturated rings. The van der Waals surface area contributed by atoms with Crippen LogP contribution in [0.3, 0.4) is 0 Å².